The van der Waals surface area contributed by atoms with E-state index >= 15 is 0 Å². The highest BCUT2D eigenvalue weighted by molar-refractivity contribution is 7.90. The van der Waals surface area contributed by atoms with Gasteiger partial charge in [0.05, 0.1) is 40.4 Å². The quantitative estimate of drug-likeness (QED) is 0.525. The molecule has 10 heteroatoms. The third-order valence-electron chi connectivity index (χ3n) is 7.09. The fraction of sp³-hybridized carbons (Fsp3) is 0.464. The molecule has 1 spiro atoms. The predicted octanol–water partition coefficient (Wildman–Crippen LogP) is 4.46. The van der Waals surface area contributed by atoms with Crippen molar-refractivity contribution in [1.82, 2.24) is 4.90 Å². The van der Waals surface area contributed by atoms with Crippen LogP contribution in [0.2, 0.25) is 0 Å². The van der Waals surface area contributed by atoms with E-state index in [0.717, 1.165) is 11.8 Å². The van der Waals surface area contributed by atoms with Gasteiger partial charge in [-0.05, 0) is 62.9 Å². The van der Waals surface area contributed by atoms with Gasteiger partial charge in [-0.15, -0.1) is 0 Å². The van der Waals surface area contributed by atoms with Crippen LogP contribution in [0.1, 0.15) is 57.0 Å². The lowest BCUT2D eigenvalue weighted by Crippen LogP contribution is -2.53. The van der Waals surface area contributed by atoms with Crippen molar-refractivity contribution in [3.05, 3.63) is 53.6 Å². The van der Waals surface area contributed by atoms with Crippen LogP contribution in [0.5, 0.6) is 0 Å². The summed E-state index contributed by atoms with van der Waals surface area (Å²) in [6.45, 7) is 9.69. The normalized spacial score (nSPS) is 21.3. The lowest BCUT2D eigenvalue weighted by Gasteiger charge is -2.37. The number of carbonyl (C=O) groups is 3. The third-order valence-corrected chi connectivity index (χ3v) is 8.22. The highest BCUT2D eigenvalue weighted by Crippen LogP contribution is 2.54. The van der Waals surface area contributed by atoms with Gasteiger partial charge in [0.1, 0.15) is 5.60 Å². The molecule has 0 aliphatic carbocycles. The lowest BCUT2D eigenvalue weighted by molar-refractivity contribution is -0.123. The zero-order valence-electron chi connectivity index (χ0n) is 22.8. The number of likely N-dealkylation sites (tertiary alicyclic amines) is 1. The summed E-state index contributed by atoms with van der Waals surface area (Å²) in [6.07, 6.45) is 0.920. The molecule has 2 atom stereocenters. The van der Waals surface area contributed by atoms with Gasteiger partial charge < -0.3 is 14.4 Å². The third kappa shape index (κ3) is 4.44. The summed E-state index contributed by atoms with van der Waals surface area (Å²) < 4.78 is 35.7. The van der Waals surface area contributed by atoms with Gasteiger partial charge in [0.2, 0.25) is 5.91 Å². The fourth-order valence-corrected chi connectivity index (χ4v) is 6.68. The van der Waals surface area contributed by atoms with Gasteiger partial charge in [0.25, 0.3) is 0 Å². The van der Waals surface area contributed by atoms with Crippen LogP contribution in [0.4, 0.5) is 16.2 Å². The second-order valence-corrected chi connectivity index (χ2v) is 13.2. The van der Waals surface area contributed by atoms with Crippen LogP contribution in [-0.4, -0.2) is 62.8 Å². The zero-order valence-corrected chi connectivity index (χ0v) is 23.6. The van der Waals surface area contributed by atoms with Crippen molar-refractivity contribution in [2.75, 3.05) is 24.8 Å². The summed E-state index contributed by atoms with van der Waals surface area (Å²) in [6, 6.07) is 11.1. The Hall–Kier alpha value is -3.40. The minimum atomic E-state index is -3.83. The number of rotatable bonds is 4. The van der Waals surface area contributed by atoms with Crippen molar-refractivity contribution in [2.45, 2.75) is 63.0 Å². The first-order valence-electron chi connectivity index (χ1n) is 12.5. The molecule has 0 aromatic heterocycles. The van der Waals surface area contributed by atoms with Crippen molar-refractivity contribution >= 4 is 39.2 Å². The molecule has 0 bridgehead atoms. The minimum absolute atomic E-state index is 0.0877. The topological polar surface area (TPSA) is 110 Å². The highest BCUT2D eigenvalue weighted by atomic mass is 32.2. The molecule has 0 saturated carbocycles. The monoisotopic (exact) mass is 542 g/mol. The summed E-state index contributed by atoms with van der Waals surface area (Å²) >= 11 is 0. The molecule has 0 N–H and O–H groups in total. The molecule has 1 saturated heterocycles. The Morgan fingerprint density at radius 1 is 1.11 bits per heavy atom. The van der Waals surface area contributed by atoms with E-state index in [9.17, 15) is 22.8 Å². The lowest BCUT2D eigenvalue weighted by atomic mass is 9.71. The Bertz CT molecular complexity index is 1410. The van der Waals surface area contributed by atoms with Crippen molar-refractivity contribution in [3.63, 3.8) is 0 Å². The fourth-order valence-electron chi connectivity index (χ4n) is 5.79. The number of ether oxygens (including phenoxy) is 2. The molecule has 9 nitrogen and oxygen atoms in total. The van der Waals surface area contributed by atoms with Gasteiger partial charge in [0.15, 0.2) is 9.84 Å². The van der Waals surface area contributed by atoms with Crippen LogP contribution in [0.3, 0.4) is 0 Å². The Balaban J connectivity index is 1.88. The summed E-state index contributed by atoms with van der Waals surface area (Å²) in [5.74, 6) is -1.13. The first kappa shape index (κ1) is 27.6. The number of hydrogen-bond acceptors (Lipinski definition) is 7. The van der Waals surface area contributed by atoms with Crippen LogP contribution in [0, 0.1) is 5.92 Å². The Morgan fingerprint density at radius 3 is 2.34 bits per heavy atom. The number of hydrogen-bond donors (Lipinski definition) is 0. The standard InChI is InChI=1S/C28H34N2O7S/c1-17(2)23-28(14-15-29(23)26(33)37-27(3,4)5)20-10-8-9-11-21(20)30(25(28)32)18-12-13-19(24(31)36-6)22(16-18)38(7,34)35/h8-13,16-17,23H,14-15H2,1-7H3/t23-,28-/m0/s1. The Kier molecular flexibility index (Phi) is 6.84. The number of nitrogens with zero attached hydrogens (tertiary/aromatic N) is 2. The number of anilines is 2. The van der Waals surface area contributed by atoms with Crippen molar-refractivity contribution in [1.29, 1.82) is 0 Å². The maximum atomic E-state index is 14.5. The molecule has 0 unspecified atom stereocenters. The van der Waals surface area contributed by atoms with E-state index in [1.54, 1.807) is 31.7 Å². The Morgan fingerprint density at radius 2 is 1.76 bits per heavy atom. The summed E-state index contributed by atoms with van der Waals surface area (Å²) in [5, 5.41) is 0. The molecule has 2 aliphatic heterocycles. The maximum Gasteiger partial charge on any atom is 0.410 e. The van der Waals surface area contributed by atoms with Crippen molar-refractivity contribution in [2.24, 2.45) is 5.92 Å². The predicted molar refractivity (Wildman–Crippen MR) is 142 cm³/mol. The number of benzene rings is 2. The molecule has 2 aromatic carbocycles. The van der Waals surface area contributed by atoms with Gasteiger partial charge in [-0.3, -0.25) is 9.69 Å². The number of methoxy groups -OCH3 is 1. The summed E-state index contributed by atoms with van der Waals surface area (Å²) in [4.78, 5) is 42.9. The minimum Gasteiger partial charge on any atom is -0.465 e. The molecule has 4 rings (SSSR count). The molecule has 2 aliphatic rings. The Labute approximate surface area is 223 Å². The summed E-state index contributed by atoms with van der Waals surface area (Å²) in [5.41, 5.74) is -0.154. The van der Waals surface area contributed by atoms with Crippen LogP contribution < -0.4 is 4.90 Å². The van der Waals surface area contributed by atoms with E-state index in [1.165, 1.54) is 24.1 Å². The smallest absolute Gasteiger partial charge is 0.410 e. The average molecular weight is 543 g/mol. The van der Waals surface area contributed by atoms with E-state index in [1.807, 2.05) is 38.1 Å². The van der Waals surface area contributed by atoms with Gasteiger partial charge in [-0.2, -0.15) is 0 Å². The number of carbonyl (C=O) groups excluding carboxylic acids is 3. The summed E-state index contributed by atoms with van der Waals surface area (Å²) in [7, 11) is -2.66. The molecular weight excluding hydrogens is 508 g/mol. The van der Waals surface area contributed by atoms with E-state index in [4.69, 9.17) is 9.47 Å². The first-order valence-corrected chi connectivity index (χ1v) is 14.4. The van der Waals surface area contributed by atoms with Crippen LogP contribution in [0.25, 0.3) is 0 Å². The van der Waals surface area contributed by atoms with E-state index in [0.29, 0.717) is 24.3 Å². The van der Waals surface area contributed by atoms with Crippen LogP contribution in [-0.2, 0) is 29.5 Å². The molecule has 2 aromatic rings. The molecule has 0 radical (unpaired) electrons. The van der Waals surface area contributed by atoms with Crippen molar-refractivity contribution in [3.8, 4) is 0 Å². The molecule has 38 heavy (non-hydrogen) atoms. The van der Waals surface area contributed by atoms with Gasteiger partial charge in [0, 0.05) is 12.8 Å². The number of amides is 2. The van der Waals surface area contributed by atoms with E-state index < -0.39 is 39.0 Å². The first-order chi connectivity index (χ1) is 17.6. The zero-order chi connectivity index (χ0) is 28.2. The van der Waals surface area contributed by atoms with Crippen LogP contribution in [0.15, 0.2) is 47.4 Å². The molecular formula is C28H34N2O7S. The number of sulfone groups is 1. The van der Waals surface area contributed by atoms with Crippen molar-refractivity contribution < 1.29 is 32.3 Å². The maximum absolute atomic E-state index is 14.5. The number of fused-ring (bicyclic) bond motifs is 2. The van der Waals surface area contributed by atoms with Crippen LogP contribution >= 0.6 is 0 Å². The number of esters is 1. The van der Waals surface area contributed by atoms with Gasteiger partial charge >= 0.3 is 12.1 Å². The molecule has 1 fully saturated rings. The second kappa shape index (κ2) is 9.41. The van der Waals surface area contributed by atoms with E-state index in [2.05, 4.69) is 0 Å². The highest BCUT2D eigenvalue weighted by Gasteiger charge is 2.62. The molecule has 2 heterocycles. The molecule has 204 valence electrons. The van der Waals surface area contributed by atoms with E-state index in [-0.39, 0.29) is 22.3 Å². The second-order valence-electron chi connectivity index (χ2n) is 11.2. The number of para-hydroxylation sites is 1. The largest absolute Gasteiger partial charge is 0.465 e. The average Bonchev–Trinajstić information content (AvgIpc) is 3.34. The SMILES string of the molecule is COC(=O)c1ccc(N2C(=O)[C@@]3(CCN(C(=O)OC(C)(C)C)[C@H]3C(C)C)c3ccccc32)cc1S(C)(=O)=O. The van der Waals surface area contributed by atoms with Gasteiger partial charge in [-0.1, -0.05) is 32.0 Å². The molecule has 2 amide bonds. The van der Waals surface area contributed by atoms with Gasteiger partial charge in [-0.25, -0.2) is 18.0 Å².